The Morgan fingerprint density at radius 1 is 1.45 bits per heavy atom. The van der Waals surface area contributed by atoms with E-state index < -0.39 is 12.0 Å². The van der Waals surface area contributed by atoms with Gasteiger partial charge in [0.2, 0.25) is 5.91 Å². The van der Waals surface area contributed by atoms with Crippen LogP contribution in [0, 0.1) is 0 Å². The van der Waals surface area contributed by atoms with Crippen molar-refractivity contribution in [3.05, 3.63) is 17.5 Å². The number of aryl methyl sites for hydroxylation is 1. The van der Waals surface area contributed by atoms with E-state index in [9.17, 15) is 14.7 Å². The third kappa shape index (κ3) is 3.18. The maximum absolute atomic E-state index is 11.7. The molecule has 0 aromatic carbocycles. The summed E-state index contributed by atoms with van der Waals surface area (Å²) in [6, 6.07) is -1.000. The number of carbonyl (C=O) groups is 2. The van der Waals surface area contributed by atoms with Crippen LogP contribution in [0.1, 0.15) is 51.9 Å². The lowest BCUT2D eigenvalue weighted by molar-refractivity contribution is -0.149. The summed E-state index contributed by atoms with van der Waals surface area (Å²) in [6.45, 7) is 9.41. The van der Waals surface area contributed by atoms with E-state index in [0.717, 1.165) is 0 Å². The molecule has 1 aromatic heterocycles. The van der Waals surface area contributed by atoms with Crippen molar-refractivity contribution >= 4 is 11.9 Å². The molecule has 6 nitrogen and oxygen atoms in total. The summed E-state index contributed by atoms with van der Waals surface area (Å²) in [6.07, 6.45) is 1.69. The third-order valence-electron chi connectivity index (χ3n) is 3.15. The van der Waals surface area contributed by atoms with Gasteiger partial charge in [0.25, 0.3) is 0 Å². The molecule has 1 atom stereocenters. The second-order valence-corrected chi connectivity index (χ2v) is 5.90. The molecule has 1 amide bonds. The van der Waals surface area contributed by atoms with Crippen molar-refractivity contribution in [3.63, 3.8) is 0 Å². The molecule has 0 spiro atoms. The molecule has 6 heteroatoms. The highest BCUT2D eigenvalue weighted by Crippen LogP contribution is 2.31. The number of carbonyl (C=O) groups excluding carboxylic acids is 1. The average Bonchev–Trinajstić information content (AvgIpc) is 2.66. The van der Waals surface area contributed by atoms with Gasteiger partial charge in [-0.05, 0) is 6.92 Å². The van der Waals surface area contributed by atoms with Gasteiger partial charge in [-0.2, -0.15) is 5.10 Å². The summed E-state index contributed by atoms with van der Waals surface area (Å²) in [5.74, 6) is -1.30. The molecule has 0 aliphatic carbocycles. The molecule has 0 aliphatic heterocycles. The maximum atomic E-state index is 11.7. The minimum absolute atomic E-state index is 0.261. The summed E-state index contributed by atoms with van der Waals surface area (Å²) < 4.78 is 1.60. The van der Waals surface area contributed by atoms with Crippen LogP contribution in [-0.2, 0) is 22.1 Å². The summed E-state index contributed by atoms with van der Waals surface area (Å²) in [5.41, 5.74) is 0.983. The Labute approximate surface area is 119 Å². The lowest BCUT2D eigenvalue weighted by Crippen LogP contribution is -2.38. The number of hydrogen-bond donors (Lipinski definition) is 1. The van der Waals surface area contributed by atoms with Crippen molar-refractivity contribution in [2.24, 2.45) is 7.05 Å². The zero-order chi connectivity index (χ0) is 15.7. The van der Waals surface area contributed by atoms with Gasteiger partial charge in [0.1, 0.15) is 0 Å². The molecular formula is C14H23N3O3. The highest BCUT2D eigenvalue weighted by Gasteiger charge is 2.35. The van der Waals surface area contributed by atoms with E-state index in [1.807, 2.05) is 20.8 Å². The Bertz CT molecular complexity index is 514. The molecule has 1 rings (SSSR count). The average molecular weight is 281 g/mol. The molecule has 112 valence electrons. The van der Waals surface area contributed by atoms with Crippen molar-refractivity contribution in [1.82, 2.24) is 14.7 Å². The highest BCUT2D eigenvalue weighted by molar-refractivity contribution is 5.83. The van der Waals surface area contributed by atoms with Crippen molar-refractivity contribution in [2.75, 3.05) is 6.54 Å². The zero-order valence-electron chi connectivity index (χ0n) is 13.0. The lowest BCUT2D eigenvalue weighted by atomic mass is 9.87. The van der Waals surface area contributed by atoms with E-state index in [-0.39, 0.29) is 11.3 Å². The smallest absolute Gasteiger partial charge is 0.331 e. The van der Waals surface area contributed by atoms with E-state index >= 15 is 0 Å². The first-order valence-electron chi connectivity index (χ1n) is 6.63. The van der Waals surface area contributed by atoms with Crippen LogP contribution in [0.2, 0.25) is 0 Å². The van der Waals surface area contributed by atoms with Gasteiger partial charge < -0.3 is 10.0 Å². The topological polar surface area (TPSA) is 75.4 Å². The first-order chi connectivity index (χ1) is 9.09. The van der Waals surface area contributed by atoms with Crippen LogP contribution < -0.4 is 0 Å². The van der Waals surface area contributed by atoms with Gasteiger partial charge in [0, 0.05) is 37.7 Å². The van der Waals surface area contributed by atoms with Gasteiger partial charge in [0.05, 0.1) is 5.69 Å². The molecule has 1 heterocycles. The van der Waals surface area contributed by atoms with E-state index in [1.165, 1.54) is 11.8 Å². The predicted octanol–water partition coefficient (Wildman–Crippen LogP) is 1.71. The Morgan fingerprint density at radius 3 is 2.35 bits per heavy atom. The number of carboxylic acid groups (broad SMARTS) is 1. The second kappa shape index (κ2) is 5.64. The van der Waals surface area contributed by atoms with Crippen LogP contribution >= 0.6 is 0 Å². The number of aromatic nitrogens is 2. The summed E-state index contributed by atoms with van der Waals surface area (Å²) in [5, 5.41) is 13.9. The minimum Gasteiger partial charge on any atom is -0.479 e. The number of carboxylic acids is 1. The number of aliphatic carboxylic acids is 1. The Kier molecular flexibility index (Phi) is 4.57. The van der Waals surface area contributed by atoms with Crippen LogP contribution in [0.15, 0.2) is 6.20 Å². The van der Waals surface area contributed by atoms with Gasteiger partial charge >= 0.3 is 5.97 Å². The molecule has 1 unspecified atom stereocenters. The zero-order valence-corrected chi connectivity index (χ0v) is 13.0. The Hall–Kier alpha value is -1.85. The largest absolute Gasteiger partial charge is 0.479 e. The van der Waals surface area contributed by atoms with Gasteiger partial charge in [-0.25, -0.2) is 4.79 Å². The van der Waals surface area contributed by atoms with Gasteiger partial charge in [-0.3, -0.25) is 9.48 Å². The van der Waals surface area contributed by atoms with Crippen molar-refractivity contribution in [2.45, 2.75) is 46.1 Å². The minimum atomic E-state index is -1.04. The van der Waals surface area contributed by atoms with Gasteiger partial charge in [0.15, 0.2) is 6.04 Å². The number of hydrogen-bond acceptors (Lipinski definition) is 3. The third-order valence-corrected chi connectivity index (χ3v) is 3.15. The van der Waals surface area contributed by atoms with Crippen LogP contribution in [0.4, 0.5) is 0 Å². The number of rotatable bonds is 4. The molecular weight excluding hydrogens is 258 g/mol. The lowest BCUT2D eigenvalue weighted by Gasteiger charge is -2.28. The number of nitrogens with zero attached hydrogens (tertiary/aromatic N) is 3. The Morgan fingerprint density at radius 2 is 2.00 bits per heavy atom. The van der Waals surface area contributed by atoms with E-state index in [1.54, 1.807) is 24.9 Å². The van der Waals surface area contributed by atoms with E-state index in [0.29, 0.717) is 17.8 Å². The molecule has 0 aliphatic rings. The summed E-state index contributed by atoms with van der Waals surface area (Å²) in [7, 11) is 1.75. The first-order valence-corrected chi connectivity index (χ1v) is 6.63. The molecule has 0 saturated heterocycles. The summed E-state index contributed by atoms with van der Waals surface area (Å²) >= 11 is 0. The number of amides is 1. The van der Waals surface area contributed by atoms with Crippen LogP contribution in [0.25, 0.3) is 0 Å². The molecule has 1 N–H and O–H groups in total. The van der Waals surface area contributed by atoms with E-state index in [2.05, 4.69) is 5.10 Å². The highest BCUT2D eigenvalue weighted by atomic mass is 16.4. The maximum Gasteiger partial charge on any atom is 0.331 e. The molecule has 0 radical (unpaired) electrons. The molecule has 20 heavy (non-hydrogen) atoms. The van der Waals surface area contributed by atoms with Crippen LogP contribution in [0.5, 0.6) is 0 Å². The molecule has 0 bridgehead atoms. The fourth-order valence-electron chi connectivity index (χ4n) is 2.31. The summed E-state index contributed by atoms with van der Waals surface area (Å²) in [4.78, 5) is 24.7. The van der Waals surface area contributed by atoms with Crippen molar-refractivity contribution in [3.8, 4) is 0 Å². The SMILES string of the molecule is CCN(C(C)=O)C(C(=O)O)c1cn(C)nc1C(C)(C)C. The molecule has 0 fully saturated rings. The first kappa shape index (κ1) is 16.2. The van der Waals surface area contributed by atoms with Crippen molar-refractivity contribution < 1.29 is 14.7 Å². The number of likely N-dealkylation sites (N-methyl/N-ethyl adjacent to an activating group) is 1. The fourth-order valence-corrected chi connectivity index (χ4v) is 2.31. The quantitative estimate of drug-likeness (QED) is 0.911. The molecule has 1 aromatic rings. The van der Waals surface area contributed by atoms with E-state index in [4.69, 9.17) is 0 Å². The standard InChI is InChI=1S/C14H23N3O3/c1-7-17(9(2)18)11(13(19)20)10-8-16(6)15-12(10)14(3,4)5/h8,11H,7H2,1-6H3,(H,19,20). The van der Waals surface area contributed by atoms with Gasteiger partial charge in [-0.1, -0.05) is 20.8 Å². The molecule has 0 saturated carbocycles. The van der Waals surface area contributed by atoms with Crippen LogP contribution in [0.3, 0.4) is 0 Å². The van der Waals surface area contributed by atoms with Crippen molar-refractivity contribution in [1.29, 1.82) is 0 Å². The normalized spacial score (nSPS) is 13.1. The fraction of sp³-hybridized carbons (Fsp3) is 0.643. The predicted molar refractivity (Wildman–Crippen MR) is 75.3 cm³/mol. The van der Waals surface area contributed by atoms with Gasteiger partial charge in [-0.15, -0.1) is 0 Å². The van der Waals surface area contributed by atoms with Crippen LogP contribution in [-0.4, -0.2) is 38.2 Å². The monoisotopic (exact) mass is 281 g/mol. The second-order valence-electron chi connectivity index (χ2n) is 5.90. The Balaban J connectivity index is 3.44.